The van der Waals surface area contributed by atoms with Crippen LogP contribution in [-0.2, 0) is 6.54 Å². The summed E-state index contributed by atoms with van der Waals surface area (Å²) in [7, 11) is 4.66. The second kappa shape index (κ2) is 6.70. The lowest BCUT2D eigenvalue weighted by Gasteiger charge is -2.17. The largest absolute Gasteiger partial charge is 0.493 e. The van der Waals surface area contributed by atoms with Crippen molar-refractivity contribution in [3.63, 3.8) is 0 Å². The summed E-state index contributed by atoms with van der Waals surface area (Å²) in [5.41, 5.74) is 1.09. The number of aryl methyl sites for hydroxylation is 1. The maximum absolute atomic E-state index is 12.5. The van der Waals surface area contributed by atoms with E-state index in [1.165, 1.54) is 19.1 Å². The normalized spacial score (nSPS) is 10.4. The van der Waals surface area contributed by atoms with Gasteiger partial charge in [-0.1, -0.05) is 16.8 Å². The molecular formula is C15H17ClN2O4. The van der Waals surface area contributed by atoms with Crippen LogP contribution in [0.2, 0.25) is 5.02 Å². The van der Waals surface area contributed by atoms with E-state index in [4.69, 9.17) is 25.6 Å². The van der Waals surface area contributed by atoms with E-state index >= 15 is 0 Å². The Morgan fingerprint density at radius 1 is 1.32 bits per heavy atom. The summed E-state index contributed by atoms with van der Waals surface area (Å²) < 4.78 is 15.3. The molecule has 0 saturated carbocycles. The summed E-state index contributed by atoms with van der Waals surface area (Å²) in [6.45, 7) is 2.13. The van der Waals surface area contributed by atoms with Gasteiger partial charge < -0.3 is 18.9 Å². The molecule has 7 heteroatoms. The second-order valence-corrected chi connectivity index (χ2v) is 5.19. The van der Waals surface area contributed by atoms with Crippen molar-refractivity contribution in [1.82, 2.24) is 10.1 Å². The van der Waals surface area contributed by atoms with Gasteiger partial charge in [-0.2, -0.15) is 0 Å². The molecule has 2 aromatic rings. The van der Waals surface area contributed by atoms with Gasteiger partial charge in [0.1, 0.15) is 11.5 Å². The van der Waals surface area contributed by atoms with Gasteiger partial charge in [-0.3, -0.25) is 4.79 Å². The van der Waals surface area contributed by atoms with Gasteiger partial charge in [0, 0.05) is 18.7 Å². The summed E-state index contributed by atoms with van der Waals surface area (Å²) in [6, 6.07) is 4.93. The Balaban J connectivity index is 2.23. The van der Waals surface area contributed by atoms with Crippen LogP contribution in [0.5, 0.6) is 11.5 Å². The molecule has 2 rings (SSSR count). The highest BCUT2D eigenvalue weighted by atomic mass is 35.5. The van der Waals surface area contributed by atoms with Gasteiger partial charge in [0.05, 0.1) is 25.8 Å². The molecule has 1 aromatic heterocycles. The fourth-order valence-corrected chi connectivity index (χ4v) is 2.36. The Morgan fingerprint density at radius 2 is 2.05 bits per heavy atom. The minimum Gasteiger partial charge on any atom is -0.493 e. The van der Waals surface area contributed by atoms with Crippen molar-refractivity contribution in [3.05, 3.63) is 40.2 Å². The fourth-order valence-electron chi connectivity index (χ4n) is 2.07. The lowest BCUT2D eigenvalue weighted by Crippen LogP contribution is -2.26. The van der Waals surface area contributed by atoms with Crippen molar-refractivity contribution in [3.8, 4) is 11.5 Å². The van der Waals surface area contributed by atoms with Gasteiger partial charge in [-0.25, -0.2) is 0 Å². The minimum absolute atomic E-state index is 0.205. The first kappa shape index (κ1) is 16.2. The van der Waals surface area contributed by atoms with Crippen molar-refractivity contribution >= 4 is 17.5 Å². The zero-order chi connectivity index (χ0) is 16.3. The highest BCUT2D eigenvalue weighted by Gasteiger charge is 2.18. The highest BCUT2D eigenvalue weighted by Crippen LogP contribution is 2.36. The number of carbonyl (C=O) groups excluding carboxylic acids is 1. The van der Waals surface area contributed by atoms with Gasteiger partial charge in [0.2, 0.25) is 0 Å². The molecule has 1 amide bonds. The number of carbonyl (C=O) groups is 1. The van der Waals surface area contributed by atoms with Crippen LogP contribution < -0.4 is 9.47 Å². The lowest BCUT2D eigenvalue weighted by molar-refractivity contribution is 0.0781. The third-order valence-electron chi connectivity index (χ3n) is 3.10. The van der Waals surface area contributed by atoms with E-state index in [0.717, 1.165) is 0 Å². The topological polar surface area (TPSA) is 64.8 Å². The molecule has 118 valence electrons. The molecule has 1 aromatic carbocycles. The monoisotopic (exact) mass is 324 g/mol. The van der Waals surface area contributed by atoms with Gasteiger partial charge >= 0.3 is 0 Å². The summed E-state index contributed by atoms with van der Waals surface area (Å²) >= 11 is 6.12. The predicted molar refractivity (Wildman–Crippen MR) is 81.6 cm³/mol. The Hall–Kier alpha value is -2.21. The van der Waals surface area contributed by atoms with E-state index in [-0.39, 0.29) is 5.91 Å². The second-order valence-electron chi connectivity index (χ2n) is 4.78. The zero-order valence-corrected chi connectivity index (χ0v) is 13.6. The first-order chi connectivity index (χ1) is 10.5. The Labute approximate surface area is 133 Å². The first-order valence-electron chi connectivity index (χ1n) is 6.55. The SMILES string of the molecule is COc1cc(C(=O)N(C)Cc2cc(C)on2)cc(Cl)c1OC. The molecule has 0 unspecified atom stereocenters. The van der Waals surface area contributed by atoms with Crippen LogP contribution in [0.1, 0.15) is 21.8 Å². The van der Waals surface area contributed by atoms with E-state index < -0.39 is 0 Å². The molecule has 1 heterocycles. The van der Waals surface area contributed by atoms with Crippen LogP contribution in [-0.4, -0.2) is 37.2 Å². The Morgan fingerprint density at radius 3 is 2.59 bits per heavy atom. The van der Waals surface area contributed by atoms with Crippen LogP contribution in [0.15, 0.2) is 22.7 Å². The van der Waals surface area contributed by atoms with Crippen molar-refractivity contribution in [2.45, 2.75) is 13.5 Å². The number of nitrogens with zero attached hydrogens (tertiary/aromatic N) is 2. The van der Waals surface area contributed by atoms with Crippen LogP contribution in [0, 0.1) is 6.92 Å². The third-order valence-corrected chi connectivity index (χ3v) is 3.38. The van der Waals surface area contributed by atoms with Crippen LogP contribution >= 0.6 is 11.6 Å². The number of amides is 1. The molecule has 0 fully saturated rings. The molecule has 0 aliphatic rings. The molecule has 22 heavy (non-hydrogen) atoms. The summed E-state index contributed by atoms with van der Waals surface area (Å²) in [5.74, 6) is 1.30. The van der Waals surface area contributed by atoms with Gasteiger partial charge in [0.25, 0.3) is 5.91 Å². The van der Waals surface area contributed by atoms with E-state index in [2.05, 4.69) is 5.16 Å². The number of rotatable bonds is 5. The molecule has 6 nitrogen and oxygen atoms in total. The molecule has 0 saturated heterocycles. The smallest absolute Gasteiger partial charge is 0.254 e. The fraction of sp³-hybridized carbons (Fsp3) is 0.333. The number of hydrogen-bond donors (Lipinski definition) is 0. The van der Waals surface area contributed by atoms with Crippen molar-refractivity contribution in [2.24, 2.45) is 0 Å². The molecule has 0 aliphatic carbocycles. The van der Waals surface area contributed by atoms with Crippen LogP contribution in [0.4, 0.5) is 0 Å². The maximum atomic E-state index is 12.5. The molecule has 0 aliphatic heterocycles. The standard InChI is InChI=1S/C15H17ClN2O4/c1-9-5-11(17-22-9)8-18(2)15(19)10-6-12(16)14(21-4)13(7-10)20-3/h5-7H,8H2,1-4H3. The number of ether oxygens (including phenoxy) is 2. The average Bonchev–Trinajstić information content (AvgIpc) is 2.90. The third kappa shape index (κ3) is 3.33. The molecule has 0 radical (unpaired) electrons. The van der Waals surface area contributed by atoms with Crippen LogP contribution in [0.25, 0.3) is 0 Å². The Bertz CT molecular complexity index is 684. The summed E-state index contributed by atoms with van der Waals surface area (Å²) in [5, 5.41) is 4.19. The van der Waals surface area contributed by atoms with Gasteiger partial charge in [-0.15, -0.1) is 0 Å². The van der Waals surface area contributed by atoms with Crippen molar-refractivity contribution in [1.29, 1.82) is 0 Å². The molecule has 0 bridgehead atoms. The zero-order valence-electron chi connectivity index (χ0n) is 12.8. The van der Waals surface area contributed by atoms with Crippen molar-refractivity contribution in [2.75, 3.05) is 21.3 Å². The number of methoxy groups -OCH3 is 2. The van der Waals surface area contributed by atoms with E-state index in [9.17, 15) is 4.79 Å². The first-order valence-corrected chi connectivity index (χ1v) is 6.93. The van der Waals surface area contributed by atoms with E-state index in [0.29, 0.717) is 40.1 Å². The minimum atomic E-state index is -0.205. The maximum Gasteiger partial charge on any atom is 0.254 e. The molecule has 0 N–H and O–H groups in total. The quantitative estimate of drug-likeness (QED) is 0.846. The Kier molecular flexibility index (Phi) is 4.92. The predicted octanol–water partition coefficient (Wildman–Crippen LogP) is 2.93. The highest BCUT2D eigenvalue weighted by molar-refractivity contribution is 6.32. The number of hydrogen-bond acceptors (Lipinski definition) is 5. The lowest BCUT2D eigenvalue weighted by atomic mass is 10.1. The van der Waals surface area contributed by atoms with E-state index in [1.807, 2.05) is 0 Å². The number of halogens is 1. The van der Waals surface area contributed by atoms with Crippen molar-refractivity contribution < 1.29 is 18.8 Å². The number of aromatic nitrogens is 1. The van der Waals surface area contributed by atoms with Gasteiger partial charge in [-0.05, 0) is 19.1 Å². The van der Waals surface area contributed by atoms with Crippen LogP contribution in [0.3, 0.4) is 0 Å². The number of benzene rings is 1. The van der Waals surface area contributed by atoms with Gasteiger partial charge in [0.15, 0.2) is 11.5 Å². The molecule has 0 spiro atoms. The summed E-state index contributed by atoms with van der Waals surface area (Å²) in [6.07, 6.45) is 0. The molecular weight excluding hydrogens is 308 g/mol. The summed E-state index contributed by atoms with van der Waals surface area (Å²) in [4.78, 5) is 14.0. The van der Waals surface area contributed by atoms with E-state index in [1.54, 1.807) is 32.2 Å². The average molecular weight is 325 g/mol. The molecule has 0 atom stereocenters.